The van der Waals surface area contributed by atoms with E-state index in [9.17, 15) is 14.5 Å². The summed E-state index contributed by atoms with van der Waals surface area (Å²) in [4.78, 5) is 13.8. The van der Waals surface area contributed by atoms with E-state index in [0.29, 0.717) is 5.52 Å². The van der Waals surface area contributed by atoms with E-state index in [1.807, 2.05) is 0 Å². The number of fused-ring (bicyclic) bond motifs is 1. The van der Waals surface area contributed by atoms with E-state index in [2.05, 4.69) is 4.98 Å². The van der Waals surface area contributed by atoms with Gasteiger partial charge >= 0.3 is 0 Å². The Bertz CT molecular complexity index is 513. The quantitative estimate of drug-likeness (QED) is 0.514. The lowest BCUT2D eigenvalue weighted by Gasteiger charge is -1.97. The average molecular weight is 192 g/mol. The van der Waals surface area contributed by atoms with Gasteiger partial charge in [-0.1, -0.05) is 6.07 Å². The number of hydrogen-bond acceptors (Lipinski definition) is 3. The smallest absolute Gasteiger partial charge is 0.258 e. The number of rotatable bonds is 1. The highest BCUT2D eigenvalue weighted by Crippen LogP contribution is 2.23. The highest BCUT2D eigenvalue weighted by molar-refractivity contribution is 5.87. The van der Waals surface area contributed by atoms with Crippen LogP contribution in [0.3, 0.4) is 0 Å². The van der Waals surface area contributed by atoms with Crippen LogP contribution in [0.4, 0.5) is 10.1 Å². The highest BCUT2D eigenvalue weighted by atomic mass is 19.1. The van der Waals surface area contributed by atoms with Crippen molar-refractivity contribution in [2.45, 2.75) is 0 Å². The number of nitro benzene ring substituents is 1. The van der Waals surface area contributed by atoms with Gasteiger partial charge in [0.1, 0.15) is 5.82 Å². The summed E-state index contributed by atoms with van der Waals surface area (Å²) in [6.45, 7) is 0. The summed E-state index contributed by atoms with van der Waals surface area (Å²) in [5.74, 6) is -0.577. The Morgan fingerprint density at radius 2 is 2.21 bits per heavy atom. The fraction of sp³-hybridized carbons (Fsp3) is 0. The molecule has 0 aliphatic rings. The topological polar surface area (TPSA) is 56.0 Å². The maximum Gasteiger partial charge on any atom is 0.278 e. The van der Waals surface area contributed by atoms with E-state index in [1.54, 1.807) is 6.07 Å². The largest absolute Gasteiger partial charge is 0.278 e. The van der Waals surface area contributed by atoms with E-state index in [0.717, 1.165) is 12.3 Å². The van der Waals surface area contributed by atoms with E-state index in [1.165, 1.54) is 12.1 Å². The molecule has 1 aromatic carbocycles. The van der Waals surface area contributed by atoms with Gasteiger partial charge in [-0.15, -0.1) is 0 Å². The minimum Gasteiger partial charge on any atom is -0.258 e. The summed E-state index contributed by atoms with van der Waals surface area (Å²) in [7, 11) is 0. The number of hydrogen-bond donors (Lipinski definition) is 0. The second kappa shape index (κ2) is 3.02. The molecule has 0 aliphatic heterocycles. The van der Waals surface area contributed by atoms with Crippen LogP contribution in [0.25, 0.3) is 10.9 Å². The molecule has 5 heteroatoms. The van der Waals surface area contributed by atoms with Crippen LogP contribution in [-0.4, -0.2) is 9.91 Å². The van der Waals surface area contributed by atoms with Crippen molar-refractivity contribution < 1.29 is 9.31 Å². The van der Waals surface area contributed by atoms with Crippen LogP contribution in [-0.2, 0) is 0 Å². The van der Waals surface area contributed by atoms with Crippen molar-refractivity contribution in [3.05, 3.63) is 46.4 Å². The van der Waals surface area contributed by atoms with Crippen molar-refractivity contribution in [2.24, 2.45) is 0 Å². The molecule has 14 heavy (non-hydrogen) atoms. The molecule has 0 aliphatic carbocycles. The standard InChI is InChI=1S/C9H5FN2O2/c10-6-4-7-8(11-5-6)2-1-3-9(7)12(13)14/h1-5H. The molecule has 0 unspecified atom stereocenters. The third-order valence-corrected chi connectivity index (χ3v) is 1.87. The second-order valence-corrected chi connectivity index (χ2v) is 2.75. The fourth-order valence-electron chi connectivity index (χ4n) is 1.27. The van der Waals surface area contributed by atoms with Gasteiger partial charge in [0.25, 0.3) is 5.69 Å². The number of nitro groups is 1. The number of pyridine rings is 1. The summed E-state index contributed by atoms with van der Waals surface area (Å²) < 4.78 is 12.8. The summed E-state index contributed by atoms with van der Waals surface area (Å²) >= 11 is 0. The van der Waals surface area contributed by atoms with Gasteiger partial charge in [0.2, 0.25) is 0 Å². The van der Waals surface area contributed by atoms with Gasteiger partial charge in [0.15, 0.2) is 0 Å². The SMILES string of the molecule is O=[N+]([O-])c1cccc2ncc(F)cc12. The first-order valence-electron chi connectivity index (χ1n) is 3.87. The molecule has 0 N–H and O–H groups in total. The second-order valence-electron chi connectivity index (χ2n) is 2.75. The van der Waals surface area contributed by atoms with Gasteiger partial charge in [0, 0.05) is 6.07 Å². The molecule has 1 heterocycles. The Hall–Kier alpha value is -2.04. The Kier molecular flexibility index (Phi) is 1.85. The molecule has 0 atom stereocenters. The summed E-state index contributed by atoms with van der Waals surface area (Å²) in [5.41, 5.74) is 0.287. The average Bonchev–Trinajstić information content (AvgIpc) is 2.16. The molecule has 0 amide bonds. The number of non-ortho nitro benzene ring substituents is 1. The first-order chi connectivity index (χ1) is 6.68. The third-order valence-electron chi connectivity index (χ3n) is 1.87. The van der Waals surface area contributed by atoms with Crippen molar-refractivity contribution in [1.82, 2.24) is 4.98 Å². The molecule has 0 radical (unpaired) electrons. The van der Waals surface area contributed by atoms with E-state index < -0.39 is 10.7 Å². The number of nitrogens with zero attached hydrogens (tertiary/aromatic N) is 2. The maximum atomic E-state index is 12.8. The van der Waals surface area contributed by atoms with Crippen LogP contribution in [0.5, 0.6) is 0 Å². The molecular weight excluding hydrogens is 187 g/mol. The Morgan fingerprint density at radius 1 is 1.43 bits per heavy atom. The normalized spacial score (nSPS) is 10.4. The van der Waals surface area contributed by atoms with Crippen LogP contribution < -0.4 is 0 Å². The van der Waals surface area contributed by atoms with Gasteiger partial charge in [-0.3, -0.25) is 15.1 Å². The first kappa shape index (κ1) is 8.55. The van der Waals surface area contributed by atoms with Gasteiger partial charge in [0.05, 0.1) is 22.0 Å². The zero-order valence-corrected chi connectivity index (χ0v) is 6.98. The molecule has 70 valence electrons. The molecule has 0 saturated carbocycles. The van der Waals surface area contributed by atoms with Crippen LogP contribution in [0, 0.1) is 15.9 Å². The lowest BCUT2D eigenvalue weighted by molar-refractivity contribution is -0.383. The molecule has 2 rings (SSSR count). The highest BCUT2D eigenvalue weighted by Gasteiger charge is 2.11. The van der Waals surface area contributed by atoms with E-state index >= 15 is 0 Å². The lowest BCUT2D eigenvalue weighted by Crippen LogP contribution is -1.91. The molecule has 0 bridgehead atoms. The van der Waals surface area contributed by atoms with E-state index in [-0.39, 0.29) is 11.1 Å². The Balaban J connectivity index is 2.84. The van der Waals surface area contributed by atoms with Gasteiger partial charge < -0.3 is 0 Å². The summed E-state index contributed by atoms with van der Waals surface area (Å²) in [6.07, 6.45) is 1.03. The molecule has 4 nitrogen and oxygen atoms in total. The van der Waals surface area contributed by atoms with Gasteiger partial charge in [-0.25, -0.2) is 4.39 Å². The monoisotopic (exact) mass is 192 g/mol. The molecular formula is C9H5FN2O2. The minimum absolute atomic E-state index is 0.130. The Labute approximate surface area is 78.2 Å². The van der Waals surface area contributed by atoms with Crippen molar-refractivity contribution >= 4 is 16.6 Å². The minimum atomic E-state index is -0.577. The summed E-state index contributed by atoms with van der Waals surface area (Å²) in [6, 6.07) is 5.55. The van der Waals surface area contributed by atoms with Crippen LogP contribution >= 0.6 is 0 Å². The number of halogens is 1. The van der Waals surface area contributed by atoms with Gasteiger partial charge in [-0.2, -0.15) is 0 Å². The third kappa shape index (κ3) is 1.28. The predicted molar refractivity (Wildman–Crippen MR) is 48.4 cm³/mol. The van der Waals surface area contributed by atoms with Crippen LogP contribution in [0.1, 0.15) is 0 Å². The molecule has 0 spiro atoms. The number of aromatic nitrogens is 1. The molecule has 1 aromatic heterocycles. The lowest BCUT2D eigenvalue weighted by atomic mass is 10.2. The maximum absolute atomic E-state index is 12.8. The Morgan fingerprint density at radius 3 is 2.93 bits per heavy atom. The first-order valence-corrected chi connectivity index (χ1v) is 3.87. The molecule has 2 aromatic rings. The summed E-state index contributed by atoms with van der Waals surface area (Å²) in [5, 5.41) is 10.8. The molecule has 0 saturated heterocycles. The van der Waals surface area contributed by atoms with Gasteiger partial charge in [-0.05, 0) is 12.1 Å². The van der Waals surface area contributed by atoms with Crippen molar-refractivity contribution in [1.29, 1.82) is 0 Å². The zero-order chi connectivity index (χ0) is 10.1. The van der Waals surface area contributed by atoms with E-state index in [4.69, 9.17) is 0 Å². The van der Waals surface area contributed by atoms with Crippen molar-refractivity contribution in [3.8, 4) is 0 Å². The van der Waals surface area contributed by atoms with Crippen molar-refractivity contribution in [2.75, 3.05) is 0 Å². The van der Waals surface area contributed by atoms with Crippen molar-refractivity contribution in [3.63, 3.8) is 0 Å². The fourth-order valence-corrected chi connectivity index (χ4v) is 1.27. The predicted octanol–water partition coefficient (Wildman–Crippen LogP) is 2.28. The van der Waals surface area contributed by atoms with Crippen LogP contribution in [0.2, 0.25) is 0 Å². The zero-order valence-electron chi connectivity index (χ0n) is 6.98. The molecule has 0 fully saturated rings. The number of benzene rings is 1. The van der Waals surface area contributed by atoms with Crippen LogP contribution in [0.15, 0.2) is 30.5 Å².